The molecule has 1 heterocycles. The number of rotatable bonds is 2. The Morgan fingerprint density at radius 1 is 1.19 bits per heavy atom. The van der Waals surface area contributed by atoms with Crippen LogP contribution in [0.1, 0.15) is 17.1 Å². The SMILES string of the molecule is Cc1ccc(C=C(C#N)c2ccccc2)o1. The highest BCUT2D eigenvalue weighted by atomic mass is 16.3. The molecule has 0 atom stereocenters. The van der Waals surface area contributed by atoms with Crippen molar-refractivity contribution in [2.45, 2.75) is 6.92 Å². The molecule has 0 radical (unpaired) electrons. The van der Waals surface area contributed by atoms with Crippen molar-refractivity contribution >= 4 is 11.6 Å². The molecule has 0 saturated heterocycles. The first kappa shape index (κ1) is 10.3. The van der Waals surface area contributed by atoms with Gasteiger partial charge in [0.25, 0.3) is 0 Å². The minimum atomic E-state index is 0.606. The Morgan fingerprint density at radius 3 is 2.50 bits per heavy atom. The van der Waals surface area contributed by atoms with E-state index in [-0.39, 0.29) is 0 Å². The molecule has 0 amide bonds. The summed E-state index contributed by atoms with van der Waals surface area (Å²) in [6.45, 7) is 1.88. The molecule has 0 aliphatic rings. The Bertz CT molecular complexity index is 544. The van der Waals surface area contributed by atoms with Crippen LogP contribution in [-0.2, 0) is 0 Å². The van der Waals surface area contributed by atoms with Gasteiger partial charge in [0.1, 0.15) is 11.5 Å². The minimum Gasteiger partial charge on any atom is -0.462 e. The van der Waals surface area contributed by atoms with Gasteiger partial charge in [0.05, 0.1) is 11.6 Å². The lowest BCUT2D eigenvalue weighted by molar-refractivity contribution is 0.525. The zero-order chi connectivity index (χ0) is 11.4. The summed E-state index contributed by atoms with van der Waals surface area (Å²) in [5, 5.41) is 9.09. The smallest absolute Gasteiger partial charge is 0.128 e. The fourth-order valence-corrected chi connectivity index (χ4v) is 1.47. The zero-order valence-corrected chi connectivity index (χ0v) is 8.97. The predicted octanol–water partition coefficient (Wildman–Crippen LogP) is 3.65. The average molecular weight is 209 g/mol. The standard InChI is InChI=1S/C14H11NO/c1-11-7-8-14(16-11)9-13(10-15)12-5-3-2-4-6-12/h2-9H,1H3. The number of nitrogens with zero attached hydrogens (tertiary/aromatic N) is 1. The van der Waals surface area contributed by atoms with Gasteiger partial charge in [-0.1, -0.05) is 30.3 Å². The van der Waals surface area contributed by atoms with E-state index in [1.54, 1.807) is 6.08 Å². The maximum absolute atomic E-state index is 9.09. The van der Waals surface area contributed by atoms with Crippen LogP contribution < -0.4 is 0 Å². The number of benzene rings is 1. The third kappa shape index (κ3) is 2.21. The van der Waals surface area contributed by atoms with Crippen LogP contribution in [0.15, 0.2) is 46.9 Å². The Balaban J connectivity index is 2.38. The molecule has 0 aliphatic heterocycles. The molecule has 2 aromatic rings. The van der Waals surface area contributed by atoms with Gasteiger partial charge in [0.2, 0.25) is 0 Å². The van der Waals surface area contributed by atoms with Gasteiger partial charge in [-0.05, 0) is 30.7 Å². The molecule has 0 N–H and O–H groups in total. The van der Waals surface area contributed by atoms with E-state index in [0.29, 0.717) is 11.3 Å². The third-order valence-electron chi connectivity index (χ3n) is 2.25. The first-order valence-corrected chi connectivity index (χ1v) is 5.03. The maximum atomic E-state index is 9.09. The summed E-state index contributed by atoms with van der Waals surface area (Å²) >= 11 is 0. The molecule has 1 aromatic heterocycles. The summed E-state index contributed by atoms with van der Waals surface area (Å²) in [4.78, 5) is 0. The maximum Gasteiger partial charge on any atom is 0.128 e. The largest absolute Gasteiger partial charge is 0.462 e. The summed E-state index contributed by atoms with van der Waals surface area (Å²) < 4.78 is 5.41. The molecule has 0 aliphatic carbocycles. The van der Waals surface area contributed by atoms with E-state index < -0.39 is 0 Å². The number of nitriles is 1. The van der Waals surface area contributed by atoms with Gasteiger partial charge in [0.15, 0.2) is 0 Å². The van der Waals surface area contributed by atoms with Crippen LogP contribution in [0.25, 0.3) is 11.6 Å². The Labute approximate surface area is 94.4 Å². The van der Waals surface area contributed by atoms with Crippen molar-refractivity contribution in [3.8, 4) is 6.07 Å². The Hall–Kier alpha value is -2.27. The van der Waals surface area contributed by atoms with E-state index in [2.05, 4.69) is 6.07 Å². The summed E-state index contributed by atoms with van der Waals surface area (Å²) in [5.74, 6) is 1.55. The van der Waals surface area contributed by atoms with Crippen LogP contribution in [-0.4, -0.2) is 0 Å². The second-order valence-corrected chi connectivity index (χ2v) is 3.48. The number of hydrogen-bond acceptors (Lipinski definition) is 2. The molecule has 0 spiro atoms. The van der Waals surface area contributed by atoms with Crippen molar-refractivity contribution in [2.75, 3.05) is 0 Å². The number of aryl methyl sites for hydroxylation is 1. The van der Waals surface area contributed by atoms with Gasteiger partial charge >= 0.3 is 0 Å². The molecule has 1 aromatic carbocycles. The van der Waals surface area contributed by atoms with Gasteiger partial charge in [-0.2, -0.15) is 5.26 Å². The number of hydrogen-bond donors (Lipinski definition) is 0. The monoisotopic (exact) mass is 209 g/mol. The lowest BCUT2D eigenvalue weighted by atomic mass is 10.1. The normalized spacial score (nSPS) is 11.1. The van der Waals surface area contributed by atoms with Crippen LogP contribution in [0.4, 0.5) is 0 Å². The molecule has 0 bridgehead atoms. The van der Waals surface area contributed by atoms with E-state index in [1.165, 1.54) is 0 Å². The van der Waals surface area contributed by atoms with Crippen molar-refractivity contribution in [1.29, 1.82) is 5.26 Å². The van der Waals surface area contributed by atoms with Crippen LogP contribution in [0.3, 0.4) is 0 Å². The Kier molecular flexibility index (Phi) is 2.88. The Morgan fingerprint density at radius 2 is 1.94 bits per heavy atom. The average Bonchev–Trinajstić information content (AvgIpc) is 2.73. The van der Waals surface area contributed by atoms with Crippen molar-refractivity contribution < 1.29 is 4.42 Å². The molecule has 2 heteroatoms. The molecule has 16 heavy (non-hydrogen) atoms. The van der Waals surface area contributed by atoms with Gasteiger partial charge in [-0.3, -0.25) is 0 Å². The van der Waals surface area contributed by atoms with E-state index in [0.717, 1.165) is 11.3 Å². The third-order valence-corrected chi connectivity index (χ3v) is 2.25. The highest BCUT2D eigenvalue weighted by Crippen LogP contribution is 2.18. The van der Waals surface area contributed by atoms with Gasteiger partial charge in [-0.15, -0.1) is 0 Å². The highest BCUT2D eigenvalue weighted by molar-refractivity contribution is 5.88. The van der Waals surface area contributed by atoms with E-state index in [9.17, 15) is 0 Å². The van der Waals surface area contributed by atoms with Crippen LogP contribution in [0, 0.1) is 18.3 Å². The molecule has 0 fully saturated rings. The number of furan rings is 1. The molecule has 0 unspecified atom stereocenters. The first-order chi connectivity index (χ1) is 7.79. The summed E-state index contributed by atoms with van der Waals surface area (Å²) in [7, 11) is 0. The van der Waals surface area contributed by atoms with E-state index in [1.807, 2.05) is 49.4 Å². The lowest BCUT2D eigenvalue weighted by Crippen LogP contribution is -1.79. The van der Waals surface area contributed by atoms with Crippen LogP contribution in [0.5, 0.6) is 0 Å². The molecular formula is C14H11NO. The predicted molar refractivity (Wildman–Crippen MR) is 63.4 cm³/mol. The molecule has 2 rings (SSSR count). The fraction of sp³-hybridized carbons (Fsp3) is 0.0714. The van der Waals surface area contributed by atoms with Gasteiger partial charge < -0.3 is 4.42 Å². The topological polar surface area (TPSA) is 36.9 Å². The second kappa shape index (κ2) is 4.50. The van der Waals surface area contributed by atoms with E-state index >= 15 is 0 Å². The summed E-state index contributed by atoms with van der Waals surface area (Å²) in [6.07, 6.45) is 1.75. The minimum absolute atomic E-state index is 0.606. The van der Waals surface area contributed by atoms with Gasteiger partial charge in [-0.25, -0.2) is 0 Å². The molecule has 78 valence electrons. The van der Waals surface area contributed by atoms with Crippen molar-refractivity contribution in [3.05, 3.63) is 59.5 Å². The van der Waals surface area contributed by atoms with Crippen LogP contribution >= 0.6 is 0 Å². The van der Waals surface area contributed by atoms with Crippen molar-refractivity contribution in [2.24, 2.45) is 0 Å². The highest BCUT2D eigenvalue weighted by Gasteiger charge is 2.01. The second-order valence-electron chi connectivity index (χ2n) is 3.48. The van der Waals surface area contributed by atoms with Gasteiger partial charge in [0, 0.05) is 0 Å². The quantitative estimate of drug-likeness (QED) is 0.708. The number of allylic oxidation sites excluding steroid dienone is 1. The van der Waals surface area contributed by atoms with Crippen molar-refractivity contribution in [3.63, 3.8) is 0 Å². The summed E-state index contributed by atoms with van der Waals surface area (Å²) in [6, 6.07) is 15.5. The fourth-order valence-electron chi connectivity index (χ4n) is 1.47. The van der Waals surface area contributed by atoms with E-state index in [4.69, 9.17) is 9.68 Å². The van der Waals surface area contributed by atoms with Crippen LogP contribution in [0.2, 0.25) is 0 Å². The molecule has 0 saturated carbocycles. The van der Waals surface area contributed by atoms with Crippen molar-refractivity contribution in [1.82, 2.24) is 0 Å². The zero-order valence-electron chi connectivity index (χ0n) is 8.97. The summed E-state index contributed by atoms with van der Waals surface area (Å²) in [5.41, 5.74) is 1.51. The molecule has 2 nitrogen and oxygen atoms in total. The first-order valence-electron chi connectivity index (χ1n) is 5.03. The molecular weight excluding hydrogens is 198 g/mol. The lowest BCUT2D eigenvalue weighted by Gasteiger charge is -1.96.